The number of hydrogen-bond acceptors (Lipinski definition) is 4. The minimum Gasteiger partial charge on any atom is -0.388 e. The zero-order valence-corrected chi connectivity index (χ0v) is 10.8. The van der Waals surface area contributed by atoms with E-state index in [1.807, 2.05) is 6.07 Å². The van der Waals surface area contributed by atoms with Crippen LogP contribution in [-0.4, -0.2) is 29.1 Å². The average Bonchev–Trinajstić information content (AvgIpc) is 2.96. The summed E-state index contributed by atoms with van der Waals surface area (Å²) in [6.07, 6.45) is 1.80. The SMILES string of the molecule is Cc1nc(-n2cccc2C(N)=S)cc2n[nH]c(=O)n12. The molecule has 0 atom stereocenters. The average molecular weight is 274 g/mol. The van der Waals surface area contributed by atoms with Gasteiger partial charge in [0, 0.05) is 12.3 Å². The van der Waals surface area contributed by atoms with Gasteiger partial charge in [0.05, 0.1) is 5.69 Å². The maximum atomic E-state index is 11.5. The Morgan fingerprint density at radius 2 is 2.32 bits per heavy atom. The first-order chi connectivity index (χ1) is 9.08. The van der Waals surface area contributed by atoms with Gasteiger partial charge >= 0.3 is 5.69 Å². The molecule has 3 N–H and O–H groups in total. The monoisotopic (exact) mass is 274 g/mol. The zero-order chi connectivity index (χ0) is 13.6. The highest BCUT2D eigenvalue weighted by Gasteiger charge is 2.11. The maximum Gasteiger partial charge on any atom is 0.349 e. The van der Waals surface area contributed by atoms with Gasteiger partial charge in [-0.25, -0.2) is 19.3 Å². The molecule has 0 saturated heterocycles. The van der Waals surface area contributed by atoms with Crippen molar-refractivity contribution >= 4 is 22.9 Å². The summed E-state index contributed by atoms with van der Waals surface area (Å²) in [5.74, 6) is 1.14. The van der Waals surface area contributed by atoms with E-state index in [1.165, 1.54) is 4.40 Å². The molecule has 3 aromatic heterocycles. The fraction of sp³-hybridized carbons (Fsp3) is 0.0909. The van der Waals surface area contributed by atoms with Crippen molar-refractivity contribution in [3.63, 3.8) is 0 Å². The highest BCUT2D eigenvalue weighted by atomic mass is 32.1. The standard InChI is InChI=1S/C11H10N6OS/c1-6-13-8(5-9-14-15-11(18)17(6)9)16-4-2-3-7(16)10(12)19/h2-5H,1H3,(H2,12,19)(H,15,18). The van der Waals surface area contributed by atoms with Crippen molar-refractivity contribution in [1.82, 2.24) is 24.1 Å². The van der Waals surface area contributed by atoms with Gasteiger partial charge in [-0.05, 0) is 19.1 Å². The summed E-state index contributed by atoms with van der Waals surface area (Å²) >= 11 is 4.99. The summed E-state index contributed by atoms with van der Waals surface area (Å²) in [4.78, 5) is 16.2. The minimum absolute atomic E-state index is 0.281. The number of hydrogen-bond donors (Lipinski definition) is 2. The Kier molecular flexibility index (Phi) is 2.46. The molecule has 0 fully saturated rings. The number of fused-ring (bicyclic) bond motifs is 1. The van der Waals surface area contributed by atoms with Gasteiger partial charge in [0.15, 0.2) is 5.65 Å². The largest absolute Gasteiger partial charge is 0.388 e. The molecule has 3 aromatic rings. The number of nitrogens with one attached hydrogen (secondary N) is 1. The van der Waals surface area contributed by atoms with Crippen LogP contribution in [0, 0.1) is 6.92 Å². The fourth-order valence-corrected chi connectivity index (χ4v) is 2.15. The number of H-pyrrole nitrogens is 1. The number of aromatic amines is 1. The zero-order valence-electron chi connectivity index (χ0n) is 9.99. The molecule has 0 amide bonds. The van der Waals surface area contributed by atoms with Gasteiger partial charge in [-0.15, -0.1) is 0 Å². The van der Waals surface area contributed by atoms with Gasteiger partial charge < -0.3 is 5.73 Å². The second kappa shape index (κ2) is 4.02. The molecule has 0 aliphatic heterocycles. The van der Waals surface area contributed by atoms with E-state index in [0.29, 0.717) is 23.0 Å². The van der Waals surface area contributed by atoms with Crippen LogP contribution in [0.5, 0.6) is 0 Å². The first-order valence-electron chi connectivity index (χ1n) is 5.50. The van der Waals surface area contributed by atoms with Crippen LogP contribution in [0.2, 0.25) is 0 Å². The number of thiocarbonyl (C=S) groups is 1. The molecule has 0 aliphatic rings. The van der Waals surface area contributed by atoms with Crippen molar-refractivity contribution < 1.29 is 0 Å². The summed E-state index contributed by atoms with van der Waals surface area (Å²) in [6, 6.07) is 5.32. The normalized spacial score (nSPS) is 11.0. The molecule has 0 radical (unpaired) electrons. The predicted octanol–water partition coefficient (Wildman–Crippen LogP) is 0.151. The Balaban J connectivity index is 2.29. The molecule has 8 heteroatoms. The van der Waals surface area contributed by atoms with E-state index in [-0.39, 0.29) is 10.7 Å². The summed E-state index contributed by atoms with van der Waals surface area (Å²) in [7, 11) is 0. The van der Waals surface area contributed by atoms with Crippen molar-refractivity contribution in [3.05, 3.63) is 46.4 Å². The van der Waals surface area contributed by atoms with Gasteiger partial charge in [-0.1, -0.05) is 12.2 Å². The predicted molar refractivity (Wildman–Crippen MR) is 73.6 cm³/mol. The van der Waals surface area contributed by atoms with E-state index in [1.54, 1.807) is 29.8 Å². The molecular formula is C11H10N6OS. The number of aryl methyl sites for hydroxylation is 1. The molecule has 0 bridgehead atoms. The third kappa shape index (κ3) is 1.73. The highest BCUT2D eigenvalue weighted by Crippen LogP contribution is 2.12. The number of nitrogens with zero attached hydrogens (tertiary/aromatic N) is 4. The van der Waals surface area contributed by atoms with Crippen LogP contribution < -0.4 is 11.4 Å². The number of rotatable bonds is 2. The summed E-state index contributed by atoms with van der Waals surface area (Å²) in [6.45, 7) is 1.73. The lowest BCUT2D eigenvalue weighted by Gasteiger charge is -2.08. The van der Waals surface area contributed by atoms with Gasteiger partial charge in [-0.2, -0.15) is 5.10 Å². The van der Waals surface area contributed by atoms with Crippen molar-refractivity contribution in [2.75, 3.05) is 0 Å². The second-order valence-corrected chi connectivity index (χ2v) is 4.45. The lowest BCUT2D eigenvalue weighted by molar-refractivity contribution is 0.893. The molecule has 3 rings (SSSR count). The molecule has 0 saturated carbocycles. The third-order valence-corrected chi connectivity index (χ3v) is 3.01. The van der Waals surface area contributed by atoms with Crippen molar-refractivity contribution in [1.29, 1.82) is 0 Å². The Labute approximate surface area is 112 Å². The third-order valence-electron chi connectivity index (χ3n) is 2.80. The van der Waals surface area contributed by atoms with E-state index in [9.17, 15) is 4.79 Å². The molecule has 19 heavy (non-hydrogen) atoms. The molecule has 0 spiro atoms. The van der Waals surface area contributed by atoms with E-state index in [0.717, 1.165) is 0 Å². The minimum atomic E-state index is -0.311. The summed E-state index contributed by atoms with van der Waals surface area (Å²) in [5.41, 5.74) is 6.53. The lowest BCUT2D eigenvalue weighted by atomic mass is 10.4. The quantitative estimate of drug-likeness (QED) is 0.649. The Hall–Kier alpha value is -2.48. The first-order valence-corrected chi connectivity index (χ1v) is 5.91. The van der Waals surface area contributed by atoms with Crippen molar-refractivity contribution in [2.24, 2.45) is 5.73 Å². The lowest BCUT2D eigenvalue weighted by Crippen LogP contribution is -2.17. The van der Waals surface area contributed by atoms with Crippen LogP contribution >= 0.6 is 12.2 Å². The van der Waals surface area contributed by atoms with Gasteiger partial charge in [0.2, 0.25) is 0 Å². The maximum absolute atomic E-state index is 11.5. The highest BCUT2D eigenvalue weighted by molar-refractivity contribution is 7.80. The molecule has 7 nitrogen and oxygen atoms in total. The topological polar surface area (TPSA) is 94.0 Å². The molecule has 3 heterocycles. The Morgan fingerprint density at radius 1 is 1.53 bits per heavy atom. The number of aromatic nitrogens is 5. The molecule has 0 unspecified atom stereocenters. The Morgan fingerprint density at radius 3 is 3.05 bits per heavy atom. The van der Waals surface area contributed by atoms with Crippen LogP contribution in [-0.2, 0) is 0 Å². The van der Waals surface area contributed by atoms with Gasteiger partial charge in [-0.3, -0.25) is 4.57 Å². The summed E-state index contributed by atoms with van der Waals surface area (Å²) in [5, 5.41) is 6.32. The van der Waals surface area contributed by atoms with E-state index in [4.69, 9.17) is 18.0 Å². The smallest absolute Gasteiger partial charge is 0.349 e. The van der Waals surface area contributed by atoms with Crippen molar-refractivity contribution in [3.8, 4) is 5.82 Å². The van der Waals surface area contributed by atoms with Crippen molar-refractivity contribution in [2.45, 2.75) is 6.92 Å². The number of nitrogens with two attached hydrogens (primary N) is 1. The van der Waals surface area contributed by atoms with E-state index in [2.05, 4.69) is 15.2 Å². The molecule has 96 valence electrons. The first kappa shape index (κ1) is 11.6. The van der Waals surface area contributed by atoms with Crippen LogP contribution in [0.25, 0.3) is 11.5 Å². The van der Waals surface area contributed by atoms with E-state index < -0.39 is 0 Å². The Bertz CT molecular complexity index is 842. The van der Waals surface area contributed by atoms with Gasteiger partial charge in [0.25, 0.3) is 0 Å². The molecular weight excluding hydrogens is 264 g/mol. The van der Waals surface area contributed by atoms with Crippen LogP contribution in [0.4, 0.5) is 0 Å². The van der Waals surface area contributed by atoms with E-state index >= 15 is 0 Å². The van der Waals surface area contributed by atoms with Crippen LogP contribution in [0.15, 0.2) is 29.2 Å². The van der Waals surface area contributed by atoms with Crippen LogP contribution in [0.1, 0.15) is 11.5 Å². The second-order valence-electron chi connectivity index (χ2n) is 4.01. The van der Waals surface area contributed by atoms with Gasteiger partial charge in [0.1, 0.15) is 16.6 Å². The molecule has 0 aliphatic carbocycles. The molecule has 0 aromatic carbocycles. The fourth-order valence-electron chi connectivity index (χ4n) is 1.99. The van der Waals surface area contributed by atoms with Crippen LogP contribution in [0.3, 0.4) is 0 Å². The summed E-state index contributed by atoms with van der Waals surface area (Å²) < 4.78 is 3.15.